The van der Waals surface area contributed by atoms with Crippen molar-refractivity contribution in [1.82, 2.24) is 4.90 Å². The molecule has 0 spiro atoms. The first kappa shape index (κ1) is 10.4. The number of nitrogens with zero attached hydrogens (tertiary/aromatic N) is 1. The van der Waals surface area contributed by atoms with Gasteiger partial charge < -0.3 is 10.0 Å². The van der Waals surface area contributed by atoms with Gasteiger partial charge in [0.1, 0.15) is 5.60 Å². The van der Waals surface area contributed by atoms with Crippen molar-refractivity contribution in [3.05, 3.63) is 0 Å². The number of hydrogen-bond donors (Lipinski definition) is 1. The van der Waals surface area contributed by atoms with Crippen LogP contribution in [-0.2, 0) is 4.79 Å². The summed E-state index contributed by atoms with van der Waals surface area (Å²) in [4.78, 5) is 12.6. The van der Waals surface area contributed by atoms with Gasteiger partial charge in [0, 0.05) is 14.1 Å². The zero-order valence-electron chi connectivity index (χ0n) is 7.72. The zero-order chi connectivity index (χ0) is 9.07. The molecule has 0 aliphatic carbocycles. The Morgan fingerprint density at radius 2 is 2.00 bits per heavy atom. The summed E-state index contributed by atoms with van der Waals surface area (Å²) in [5.41, 5.74) is -1.18. The summed E-state index contributed by atoms with van der Waals surface area (Å²) in [7, 11) is 3.29. The lowest BCUT2D eigenvalue weighted by molar-refractivity contribution is -0.147. The summed E-state index contributed by atoms with van der Waals surface area (Å²) >= 11 is 0. The molecule has 1 amide bonds. The minimum atomic E-state index is -1.18. The molecule has 0 aromatic rings. The molecule has 0 saturated heterocycles. The largest absolute Gasteiger partial charge is 0.380 e. The molecular formula is C8H17NO2. The molecule has 3 nitrogen and oxygen atoms in total. The van der Waals surface area contributed by atoms with E-state index in [2.05, 4.69) is 0 Å². The van der Waals surface area contributed by atoms with Crippen LogP contribution in [0, 0.1) is 0 Å². The third-order valence-corrected chi connectivity index (χ3v) is 1.60. The molecule has 0 saturated carbocycles. The van der Waals surface area contributed by atoms with E-state index in [-0.39, 0.29) is 5.91 Å². The van der Waals surface area contributed by atoms with E-state index in [0.717, 1.165) is 6.42 Å². The Kier molecular flexibility index (Phi) is 3.52. The number of rotatable bonds is 3. The van der Waals surface area contributed by atoms with E-state index in [0.29, 0.717) is 6.42 Å². The van der Waals surface area contributed by atoms with Crippen LogP contribution in [0.5, 0.6) is 0 Å². The Balaban J connectivity index is 4.17. The van der Waals surface area contributed by atoms with E-state index in [1.165, 1.54) is 4.90 Å². The molecule has 1 atom stereocenters. The van der Waals surface area contributed by atoms with Gasteiger partial charge in [-0.05, 0) is 13.3 Å². The second kappa shape index (κ2) is 3.72. The number of likely N-dealkylation sites (N-methyl/N-ethyl adjacent to an activating group) is 1. The summed E-state index contributed by atoms with van der Waals surface area (Å²) < 4.78 is 0. The quantitative estimate of drug-likeness (QED) is 0.656. The molecule has 0 aliphatic rings. The van der Waals surface area contributed by atoms with Crippen molar-refractivity contribution < 1.29 is 9.90 Å². The molecule has 66 valence electrons. The van der Waals surface area contributed by atoms with Gasteiger partial charge in [0.05, 0.1) is 0 Å². The Morgan fingerprint density at radius 1 is 1.55 bits per heavy atom. The Labute approximate surface area is 68.0 Å². The summed E-state index contributed by atoms with van der Waals surface area (Å²) in [6.07, 6.45) is 1.33. The van der Waals surface area contributed by atoms with Crippen LogP contribution in [0.25, 0.3) is 0 Å². The van der Waals surface area contributed by atoms with Crippen LogP contribution >= 0.6 is 0 Å². The van der Waals surface area contributed by atoms with Crippen molar-refractivity contribution in [3.8, 4) is 0 Å². The van der Waals surface area contributed by atoms with E-state index in [4.69, 9.17) is 0 Å². The first-order valence-electron chi connectivity index (χ1n) is 3.86. The van der Waals surface area contributed by atoms with Gasteiger partial charge in [0.2, 0.25) is 0 Å². The highest BCUT2D eigenvalue weighted by Crippen LogP contribution is 2.13. The predicted molar refractivity (Wildman–Crippen MR) is 44.2 cm³/mol. The van der Waals surface area contributed by atoms with Gasteiger partial charge in [0.15, 0.2) is 0 Å². The summed E-state index contributed by atoms with van der Waals surface area (Å²) in [6.45, 7) is 3.50. The van der Waals surface area contributed by atoms with E-state index in [1.807, 2.05) is 6.92 Å². The van der Waals surface area contributed by atoms with E-state index in [1.54, 1.807) is 21.0 Å². The molecule has 0 fully saturated rings. The zero-order valence-corrected chi connectivity index (χ0v) is 7.72. The molecule has 11 heavy (non-hydrogen) atoms. The lowest BCUT2D eigenvalue weighted by Crippen LogP contribution is -2.43. The van der Waals surface area contributed by atoms with Gasteiger partial charge in [-0.3, -0.25) is 4.79 Å². The highest BCUT2D eigenvalue weighted by molar-refractivity contribution is 5.83. The minimum Gasteiger partial charge on any atom is -0.380 e. The SMILES string of the molecule is CCCC(C)(O)C(=O)N(C)C. The molecule has 0 bridgehead atoms. The van der Waals surface area contributed by atoms with Gasteiger partial charge in [-0.15, -0.1) is 0 Å². The lowest BCUT2D eigenvalue weighted by Gasteiger charge is -2.24. The third kappa shape index (κ3) is 2.89. The molecule has 1 N–H and O–H groups in total. The monoisotopic (exact) mass is 159 g/mol. The maximum Gasteiger partial charge on any atom is 0.253 e. The van der Waals surface area contributed by atoms with Crippen molar-refractivity contribution in [2.45, 2.75) is 32.3 Å². The second-order valence-electron chi connectivity index (χ2n) is 3.22. The van der Waals surface area contributed by atoms with Gasteiger partial charge in [-0.25, -0.2) is 0 Å². The molecule has 0 aromatic carbocycles. The predicted octanol–water partition coefficient (Wildman–Crippen LogP) is 0.626. The standard InChI is InChI=1S/C8H17NO2/c1-5-6-8(2,11)7(10)9(3)4/h11H,5-6H2,1-4H3. The summed E-state index contributed by atoms with van der Waals surface area (Å²) in [5, 5.41) is 9.56. The van der Waals surface area contributed by atoms with Crippen molar-refractivity contribution in [2.75, 3.05) is 14.1 Å². The maximum absolute atomic E-state index is 11.2. The average Bonchev–Trinajstić information content (AvgIpc) is 1.86. The van der Waals surface area contributed by atoms with Gasteiger partial charge in [-0.2, -0.15) is 0 Å². The fraction of sp³-hybridized carbons (Fsp3) is 0.875. The molecule has 0 rings (SSSR count). The Hall–Kier alpha value is -0.570. The smallest absolute Gasteiger partial charge is 0.253 e. The van der Waals surface area contributed by atoms with Crippen molar-refractivity contribution in [3.63, 3.8) is 0 Å². The molecule has 0 aromatic heterocycles. The number of aliphatic hydroxyl groups is 1. The maximum atomic E-state index is 11.2. The Bertz CT molecular complexity index is 141. The van der Waals surface area contributed by atoms with Crippen LogP contribution in [0.2, 0.25) is 0 Å². The number of amides is 1. The van der Waals surface area contributed by atoms with Crippen molar-refractivity contribution in [1.29, 1.82) is 0 Å². The first-order valence-corrected chi connectivity index (χ1v) is 3.86. The number of carbonyl (C=O) groups excluding carboxylic acids is 1. The van der Waals surface area contributed by atoms with Crippen LogP contribution in [0.3, 0.4) is 0 Å². The summed E-state index contributed by atoms with van der Waals surface area (Å²) in [6, 6.07) is 0. The molecule has 0 aliphatic heterocycles. The highest BCUT2D eigenvalue weighted by Gasteiger charge is 2.30. The second-order valence-corrected chi connectivity index (χ2v) is 3.22. The minimum absolute atomic E-state index is 0.223. The van der Waals surface area contributed by atoms with Crippen molar-refractivity contribution in [2.24, 2.45) is 0 Å². The topological polar surface area (TPSA) is 40.5 Å². The number of hydrogen-bond acceptors (Lipinski definition) is 2. The van der Waals surface area contributed by atoms with Crippen LogP contribution in [0.4, 0.5) is 0 Å². The first-order chi connectivity index (χ1) is 4.91. The van der Waals surface area contributed by atoms with Gasteiger partial charge in [0.25, 0.3) is 5.91 Å². The van der Waals surface area contributed by atoms with E-state index < -0.39 is 5.60 Å². The van der Waals surface area contributed by atoms with Crippen LogP contribution < -0.4 is 0 Å². The van der Waals surface area contributed by atoms with Crippen LogP contribution in [0.1, 0.15) is 26.7 Å². The van der Waals surface area contributed by atoms with E-state index in [9.17, 15) is 9.90 Å². The molecular weight excluding hydrogens is 142 g/mol. The molecule has 0 radical (unpaired) electrons. The van der Waals surface area contributed by atoms with Crippen LogP contribution in [0.15, 0.2) is 0 Å². The normalized spacial score (nSPS) is 15.7. The Morgan fingerprint density at radius 3 is 2.27 bits per heavy atom. The van der Waals surface area contributed by atoms with Gasteiger partial charge in [-0.1, -0.05) is 13.3 Å². The summed E-state index contributed by atoms with van der Waals surface area (Å²) in [5.74, 6) is -0.223. The molecule has 3 heteroatoms. The van der Waals surface area contributed by atoms with E-state index >= 15 is 0 Å². The number of carbonyl (C=O) groups is 1. The lowest BCUT2D eigenvalue weighted by atomic mass is 9.99. The third-order valence-electron chi connectivity index (χ3n) is 1.60. The fourth-order valence-electron chi connectivity index (χ4n) is 1.08. The van der Waals surface area contributed by atoms with Crippen LogP contribution in [-0.4, -0.2) is 35.6 Å². The molecule has 0 heterocycles. The fourth-order valence-corrected chi connectivity index (χ4v) is 1.08. The average molecular weight is 159 g/mol. The van der Waals surface area contributed by atoms with Crippen molar-refractivity contribution >= 4 is 5.91 Å². The van der Waals surface area contributed by atoms with Gasteiger partial charge >= 0.3 is 0 Å². The highest BCUT2D eigenvalue weighted by atomic mass is 16.3. The molecule has 1 unspecified atom stereocenters.